The third-order valence-electron chi connectivity index (χ3n) is 0.648. The molecule has 0 bridgehead atoms. The van der Waals surface area contributed by atoms with Gasteiger partial charge in [0.15, 0.2) is 0 Å². The summed E-state index contributed by atoms with van der Waals surface area (Å²) in [7, 11) is 3.32. The fourth-order valence-corrected chi connectivity index (χ4v) is 0.242. The fraction of sp³-hybridized carbons (Fsp3) is 0.400. The van der Waals surface area contributed by atoms with Crippen LogP contribution in [0.5, 0.6) is 0 Å². The summed E-state index contributed by atoms with van der Waals surface area (Å²) in [5.74, 6) is -0.0978. The molecule has 0 aromatic heterocycles. The first-order valence-electron chi connectivity index (χ1n) is 2.36. The van der Waals surface area contributed by atoms with Crippen LogP contribution in [0.15, 0.2) is 12.3 Å². The summed E-state index contributed by atoms with van der Waals surface area (Å²) in [5.41, 5.74) is 0. The molecule has 3 heteroatoms. The highest BCUT2D eigenvalue weighted by Gasteiger charge is 1.82. The maximum absolute atomic E-state index is 10.3. The van der Waals surface area contributed by atoms with Gasteiger partial charge in [0.05, 0.1) is 0 Å². The van der Waals surface area contributed by atoms with E-state index in [2.05, 4.69) is 10.6 Å². The summed E-state index contributed by atoms with van der Waals surface area (Å²) in [6, 6.07) is 0. The van der Waals surface area contributed by atoms with Crippen LogP contribution >= 0.6 is 0 Å². The molecule has 0 rings (SSSR count). The molecule has 2 N–H and O–H groups in total. The van der Waals surface area contributed by atoms with E-state index < -0.39 is 0 Å². The first-order chi connectivity index (χ1) is 3.81. The minimum atomic E-state index is -0.0978. The number of carbonyl (C=O) groups excluding carboxylic acids is 1. The molecule has 0 heterocycles. The summed E-state index contributed by atoms with van der Waals surface area (Å²) in [5, 5.41) is 5.13. The van der Waals surface area contributed by atoms with Crippen molar-refractivity contribution in [2.24, 2.45) is 0 Å². The van der Waals surface area contributed by atoms with Crippen molar-refractivity contribution < 1.29 is 4.79 Å². The monoisotopic (exact) mass is 114 g/mol. The normalized spacial score (nSPS) is 9.25. The van der Waals surface area contributed by atoms with E-state index in [1.54, 1.807) is 20.3 Å². The van der Waals surface area contributed by atoms with Crippen LogP contribution in [0.1, 0.15) is 0 Å². The van der Waals surface area contributed by atoms with Crippen molar-refractivity contribution in [2.45, 2.75) is 0 Å². The Balaban J connectivity index is 3.37. The van der Waals surface area contributed by atoms with Crippen molar-refractivity contribution in [1.29, 1.82) is 0 Å². The van der Waals surface area contributed by atoms with E-state index in [1.807, 2.05) is 0 Å². The Morgan fingerprint density at radius 2 is 2.12 bits per heavy atom. The molecule has 0 fully saturated rings. The van der Waals surface area contributed by atoms with Gasteiger partial charge < -0.3 is 10.6 Å². The molecule has 0 unspecified atom stereocenters. The molecule has 0 spiro atoms. The number of amides is 1. The predicted molar refractivity (Wildman–Crippen MR) is 32.3 cm³/mol. The van der Waals surface area contributed by atoms with Crippen LogP contribution in [-0.4, -0.2) is 20.0 Å². The highest BCUT2D eigenvalue weighted by molar-refractivity contribution is 5.86. The van der Waals surface area contributed by atoms with E-state index in [0.29, 0.717) is 0 Å². The zero-order chi connectivity index (χ0) is 6.41. The molecule has 0 saturated heterocycles. The van der Waals surface area contributed by atoms with E-state index >= 15 is 0 Å². The van der Waals surface area contributed by atoms with Crippen molar-refractivity contribution in [2.75, 3.05) is 14.1 Å². The Labute approximate surface area is 48.8 Å². The van der Waals surface area contributed by atoms with Crippen LogP contribution in [0.2, 0.25) is 0 Å². The van der Waals surface area contributed by atoms with Gasteiger partial charge in [0.1, 0.15) is 0 Å². The lowest BCUT2D eigenvalue weighted by molar-refractivity contribution is -0.116. The fourth-order valence-electron chi connectivity index (χ4n) is 0.242. The van der Waals surface area contributed by atoms with Crippen LogP contribution in [0.3, 0.4) is 0 Å². The minimum Gasteiger partial charge on any atom is -0.394 e. The molecule has 0 aliphatic rings. The topological polar surface area (TPSA) is 41.1 Å². The summed E-state index contributed by atoms with van der Waals surface area (Å²) in [4.78, 5) is 10.3. The SMILES string of the molecule is CN/C=C/C(=O)NC. The molecular weight excluding hydrogens is 104 g/mol. The molecular formula is C5H10N2O. The van der Waals surface area contributed by atoms with E-state index in [0.717, 1.165) is 0 Å². The van der Waals surface area contributed by atoms with E-state index in [-0.39, 0.29) is 5.91 Å². The molecule has 0 aromatic carbocycles. The van der Waals surface area contributed by atoms with Crippen LogP contribution in [0.25, 0.3) is 0 Å². The zero-order valence-electron chi connectivity index (χ0n) is 5.06. The van der Waals surface area contributed by atoms with Crippen molar-refractivity contribution in [3.8, 4) is 0 Å². The minimum absolute atomic E-state index is 0.0978. The molecule has 3 nitrogen and oxygen atoms in total. The number of carbonyl (C=O) groups is 1. The lowest BCUT2D eigenvalue weighted by Crippen LogP contribution is -2.14. The second-order valence-electron chi connectivity index (χ2n) is 1.24. The van der Waals surface area contributed by atoms with Crippen molar-refractivity contribution >= 4 is 5.91 Å². The van der Waals surface area contributed by atoms with E-state index in [9.17, 15) is 4.79 Å². The third kappa shape index (κ3) is 3.21. The summed E-state index contributed by atoms with van der Waals surface area (Å²) < 4.78 is 0. The van der Waals surface area contributed by atoms with Gasteiger partial charge in [0.25, 0.3) is 0 Å². The Morgan fingerprint density at radius 1 is 1.50 bits per heavy atom. The first kappa shape index (κ1) is 7.01. The lowest BCUT2D eigenvalue weighted by atomic mass is 10.6. The largest absolute Gasteiger partial charge is 0.394 e. The van der Waals surface area contributed by atoms with Gasteiger partial charge in [0.2, 0.25) is 5.91 Å². The highest BCUT2D eigenvalue weighted by Crippen LogP contribution is 1.63. The third-order valence-corrected chi connectivity index (χ3v) is 0.648. The summed E-state index contributed by atoms with van der Waals surface area (Å²) >= 11 is 0. The van der Waals surface area contributed by atoms with Gasteiger partial charge in [-0.25, -0.2) is 0 Å². The molecule has 0 aromatic rings. The number of hydrogen-bond acceptors (Lipinski definition) is 2. The predicted octanol–water partition coefficient (Wildman–Crippen LogP) is -0.535. The Bertz CT molecular complexity index is 98.6. The second-order valence-corrected chi connectivity index (χ2v) is 1.24. The molecule has 8 heavy (non-hydrogen) atoms. The maximum Gasteiger partial charge on any atom is 0.245 e. The smallest absolute Gasteiger partial charge is 0.245 e. The van der Waals surface area contributed by atoms with Gasteiger partial charge in [-0.3, -0.25) is 4.79 Å². The molecule has 0 atom stereocenters. The van der Waals surface area contributed by atoms with E-state index in [4.69, 9.17) is 0 Å². The van der Waals surface area contributed by atoms with Crippen LogP contribution < -0.4 is 10.6 Å². The van der Waals surface area contributed by atoms with Crippen molar-refractivity contribution in [3.05, 3.63) is 12.3 Å². The van der Waals surface area contributed by atoms with Gasteiger partial charge >= 0.3 is 0 Å². The number of hydrogen-bond donors (Lipinski definition) is 2. The first-order valence-corrected chi connectivity index (χ1v) is 2.36. The summed E-state index contributed by atoms with van der Waals surface area (Å²) in [6.07, 6.45) is 2.98. The average Bonchev–Trinajstić information content (AvgIpc) is 1.83. The molecule has 0 radical (unpaired) electrons. The average molecular weight is 114 g/mol. The number of nitrogens with one attached hydrogen (secondary N) is 2. The quantitative estimate of drug-likeness (QED) is 0.474. The Hall–Kier alpha value is -0.990. The van der Waals surface area contributed by atoms with Gasteiger partial charge in [0, 0.05) is 26.4 Å². The van der Waals surface area contributed by atoms with Crippen molar-refractivity contribution in [1.82, 2.24) is 10.6 Å². The number of rotatable bonds is 2. The molecule has 0 saturated carbocycles. The lowest BCUT2D eigenvalue weighted by Gasteiger charge is -1.87. The Kier molecular flexibility index (Phi) is 3.66. The van der Waals surface area contributed by atoms with Crippen molar-refractivity contribution in [3.63, 3.8) is 0 Å². The standard InChI is InChI=1S/C5H10N2O/c1-6-4-3-5(8)7-2/h3-4,6H,1-2H3,(H,7,8)/b4-3+. The van der Waals surface area contributed by atoms with E-state index in [1.165, 1.54) is 6.08 Å². The zero-order valence-corrected chi connectivity index (χ0v) is 5.06. The maximum atomic E-state index is 10.3. The number of likely N-dealkylation sites (N-methyl/N-ethyl adjacent to an activating group) is 1. The summed E-state index contributed by atoms with van der Waals surface area (Å²) in [6.45, 7) is 0. The van der Waals surface area contributed by atoms with Crippen LogP contribution in [0.4, 0.5) is 0 Å². The molecule has 0 aliphatic heterocycles. The second kappa shape index (κ2) is 4.18. The van der Waals surface area contributed by atoms with Crippen LogP contribution in [-0.2, 0) is 4.79 Å². The van der Waals surface area contributed by atoms with Gasteiger partial charge in [-0.2, -0.15) is 0 Å². The van der Waals surface area contributed by atoms with Gasteiger partial charge in [-0.15, -0.1) is 0 Å². The van der Waals surface area contributed by atoms with Gasteiger partial charge in [-0.05, 0) is 0 Å². The molecule has 0 aliphatic carbocycles. The molecule has 1 amide bonds. The molecule has 46 valence electrons. The Morgan fingerprint density at radius 3 is 2.50 bits per heavy atom. The highest BCUT2D eigenvalue weighted by atomic mass is 16.1. The van der Waals surface area contributed by atoms with Crippen LogP contribution in [0, 0.1) is 0 Å². The van der Waals surface area contributed by atoms with Gasteiger partial charge in [-0.1, -0.05) is 0 Å².